The summed E-state index contributed by atoms with van der Waals surface area (Å²) in [6, 6.07) is 19.3. The van der Waals surface area contributed by atoms with E-state index in [9.17, 15) is 4.79 Å². The minimum atomic E-state index is 0.0514. The molecule has 0 radical (unpaired) electrons. The zero-order valence-electron chi connectivity index (χ0n) is 11.0. The van der Waals surface area contributed by atoms with Crippen LogP contribution in [-0.2, 0) is 0 Å². The quantitative estimate of drug-likeness (QED) is 0.889. The second-order valence-corrected chi connectivity index (χ2v) is 4.39. The van der Waals surface area contributed by atoms with Gasteiger partial charge in [0.2, 0.25) is 0 Å². The SMILES string of the molecule is CN(CCNc1ccccc1)C(=O)c1ccccc1. The van der Waals surface area contributed by atoms with E-state index in [0.29, 0.717) is 6.54 Å². The molecule has 0 heterocycles. The number of likely N-dealkylation sites (N-methyl/N-ethyl adjacent to an activating group) is 1. The van der Waals surface area contributed by atoms with Crippen LogP contribution < -0.4 is 5.32 Å². The zero-order chi connectivity index (χ0) is 13.5. The summed E-state index contributed by atoms with van der Waals surface area (Å²) < 4.78 is 0. The van der Waals surface area contributed by atoms with Gasteiger partial charge in [0.15, 0.2) is 0 Å². The van der Waals surface area contributed by atoms with Crippen LogP contribution in [-0.4, -0.2) is 30.9 Å². The van der Waals surface area contributed by atoms with Crippen molar-refractivity contribution in [1.29, 1.82) is 0 Å². The van der Waals surface area contributed by atoms with E-state index < -0.39 is 0 Å². The molecule has 0 atom stereocenters. The Labute approximate surface area is 113 Å². The van der Waals surface area contributed by atoms with E-state index in [0.717, 1.165) is 17.8 Å². The van der Waals surface area contributed by atoms with Gasteiger partial charge in [-0.05, 0) is 24.3 Å². The zero-order valence-corrected chi connectivity index (χ0v) is 11.0. The second-order valence-electron chi connectivity index (χ2n) is 4.39. The molecular weight excluding hydrogens is 236 g/mol. The Morgan fingerprint density at radius 2 is 1.58 bits per heavy atom. The average Bonchev–Trinajstić information content (AvgIpc) is 2.48. The van der Waals surface area contributed by atoms with Crippen molar-refractivity contribution in [2.45, 2.75) is 0 Å². The van der Waals surface area contributed by atoms with Crippen LogP contribution in [0.4, 0.5) is 5.69 Å². The summed E-state index contributed by atoms with van der Waals surface area (Å²) in [5, 5.41) is 3.29. The van der Waals surface area contributed by atoms with E-state index in [1.54, 1.807) is 4.90 Å². The Hall–Kier alpha value is -2.29. The fourth-order valence-electron chi connectivity index (χ4n) is 1.83. The van der Waals surface area contributed by atoms with Gasteiger partial charge in [0.1, 0.15) is 0 Å². The number of rotatable bonds is 5. The first-order chi connectivity index (χ1) is 9.27. The van der Waals surface area contributed by atoms with E-state index in [2.05, 4.69) is 5.32 Å². The van der Waals surface area contributed by atoms with Crippen molar-refractivity contribution < 1.29 is 4.79 Å². The molecule has 19 heavy (non-hydrogen) atoms. The van der Waals surface area contributed by atoms with Crippen molar-refractivity contribution in [3.63, 3.8) is 0 Å². The molecule has 0 saturated carbocycles. The van der Waals surface area contributed by atoms with E-state index in [1.165, 1.54) is 0 Å². The number of carbonyl (C=O) groups is 1. The minimum absolute atomic E-state index is 0.0514. The Kier molecular flexibility index (Phi) is 4.56. The third-order valence-corrected chi connectivity index (χ3v) is 2.92. The number of hydrogen-bond donors (Lipinski definition) is 1. The summed E-state index contributed by atoms with van der Waals surface area (Å²) in [7, 11) is 1.82. The van der Waals surface area contributed by atoms with Crippen molar-refractivity contribution >= 4 is 11.6 Å². The third kappa shape index (κ3) is 3.85. The first-order valence-electron chi connectivity index (χ1n) is 6.37. The van der Waals surface area contributed by atoms with Crippen LogP contribution in [0.5, 0.6) is 0 Å². The number of para-hydroxylation sites is 1. The number of hydrogen-bond acceptors (Lipinski definition) is 2. The Bertz CT molecular complexity index is 511. The Morgan fingerprint density at radius 1 is 1.00 bits per heavy atom. The monoisotopic (exact) mass is 254 g/mol. The van der Waals surface area contributed by atoms with E-state index in [-0.39, 0.29) is 5.91 Å². The average molecular weight is 254 g/mol. The molecule has 0 bridgehead atoms. The molecule has 2 rings (SSSR count). The fraction of sp³-hybridized carbons (Fsp3) is 0.188. The number of benzene rings is 2. The van der Waals surface area contributed by atoms with E-state index in [4.69, 9.17) is 0 Å². The second kappa shape index (κ2) is 6.59. The molecule has 0 spiro atoms. The van der Waals surface area contributed by atoms with Crippen LogP contribution in [0.25, 0.3) is 0 Å². The molecule has 2 aromatic carbocycles. The predicted octanol–water partition coefficient (Wildman–Crippen LogP) is 2.87. The molecule has 1 N–H and O–H groups in total. The van der Waals surface area contributed by atoms with Gasteiger partial charge in [0.25, 0.3) is 5.91 Å². The highest BCUT2D eigenvalue weighted by molar-refractivity contribution is 5.93. The van der Waals surface area contributed by atoms with Gasteiger partial charge in [0, 0.05) is 31.4 Å². The molecule has 2 aromatic rings. The molecule has 0 fully saturated rings. The summed E-state index contributed by atoms with van der Waals surface area (Å²) in [4.78, 5) is 13.8. The molecule has 3 heteroatoms. The van der Waals surface area contributed by atoms with Crippen LogP contribution in [0.15, 0.2) is 60.7 Å². The van der Waals surface area contributed by atoms with Crippen LogP contribution in [0.3, 0.4) is 0 Å². The fourth-order valence-corrected chi connectivity index (χ4v) is 1.83. The van der Waals surface area contributed by atoms with Gasteiger partial charge in [0.05, 0.1) is 0 Å². The van der Waals surface area contributed by atoms with E-state index in [1.807, 2.05) is 67.7 Å². The van der Waals surface area contributed by atoms with Gasteiger partial charge in [-0.3, -0.25) is 4.79 Å². The first kappa shape index (κ1) is 13.1. The standard InChI is InChI=1S/C16H18N2O/c1-18(16(19)14-8-4-2-5-9-14)13-12-17-15-10-6-3-7-11-15/h2-11,17H,12-13H2,1H3. The molecule has 0 aliphatic carbocycles. The van der Waals surface area contributed by atoms with Gasteiger partial charge in [-0.15, -0.1) is 0 Å². The summed E-state index contributed by atoms with van der Waals surface area (Å²) in [6.45, 7) is 1.40. The smallest absolute Gasteiger partial charge is 0.253 e. The Morgan fingerprint density at radius 3 is 2.21 bits per heavy atom. The van der Waals surface area contributed by atoms with Crippen molar-refractivity contribution in [2.75, 3.05) is 25.5 Å². The van der Waals surface area contributed by atoms with E-state index >= 15 is 0 Å². The molecule has 1 amide bonds. The maximum Gasteiger partial charge on any atom is 0.253 e. The molecule has 98 valence electrons. The topological polar surface area (TPSA) is 32.3 Å². The normalized spacial score (nSPS) is 9.95. The first-order valence-corrected chi connectivity index (χ1v) is 6.37. The van der Waals surface area contributed by atoms with Crippen LogP contribution >= 0.6 is 0 Å². The molecule has 0 aliphatic heterocycles. The lowest BCUT2D eigenvalue weighted by molar-refractivity contribution is 0.0800. The largest absolute Gasteiger partial charge is 0.383 e. The molecule has 0 saturated heterocycles. The summed E-state index contributed by atoms with van der Waals surface area (Å²) >= 11 is 0. The lowest BCUT2D eigenvalue weighted by Gasteiger charge is -2.17. The van der Waals surface area contributed by atoms with Gasteiger partial charge in [-0.1, -0.05) is 36.4 Å². The highest BCUT2D eigenvalue weighted by Gasteiger charge is 2.09. The van der Waals surface area contributed by atoms with Gasteiger partial charge in [-0.25, -0.2) is 0 Å². The van der Waals surface area contributed by atoms with Crippen LogP contribution in [0, 0.1) is 0 Å². The van der Waals surface area contributed by atoms with Crippen molar-refractivity contribution in [1.82, 2.24) is 4.90 Å². The number of anilines is 1. The number of carbonyl (C=O) groups excluding carboxylic acids is 1. The molecule has 0 aliphatic rings. The summed E-state index contributed by atoms with van der Waals surface area (Å²) in [6.07, 6.45) is 0. The maximum atomic E-state index is 12.1. The van der Waals surface area contributed by atoms with Gasteiger partial charge in [-0.2, -0.15) is 0 Å². The molecule has 0 unspecified atom stereocenters. The maximum absolute atomic E-state index is 12.1. The molecule has 3 nitrogen and oxygen atoms in total. The number of nitrogens with one attached hydrogen (secondary N) is 1. The third-order valence-electron chi connectivity index (χ3n) is 2.92. The lowest BCUT2D eigenvalue weighted by Crippen LogP contribution is -2.31. The van der Waals surface area contributed by atoms with Crippen molar-refractivity contribution in [2.24, 2.45) is 0 Å². The number of amides is 1. The van der Waals surface area contributed by atoms with Crippen molar-refractivity contribution in [3.8, 4) is 0 Å². The van der Waals surface area contributed by atoms with Crippen LogP contribution in [0.2, 0.25) is 0 Å². The molecule has 0 aromatic heterocycles. The predicted molar refractivity (Wildman–Crippen MR) is 78.3 cm³/mol. The van der Waals surface area contributed by atoms with Gasteiger partial charge >= 0.3 is 0 Å². The Balaban J connectivity index is 1.82. The summed E-state index contributed by atoms with van der Waals surface area (Å²) in [5.74, 6) is 0.0514. The highest BCUT2D eigenvalue weighted by atomic mass is 16.2. The lowest BCUT2D eigenvalue weighted by atomic mass is 10.2. The minimum Gasteiger partial charge on any atom is -0.383 e. The highest BCUT2D eigenvalue weighted by Crippen LogP contribution is 2.05. The van der Waals surface area contributed by atoms with Crippen molar-refractivity contribution in [3.05, 3.63) is 66.2 Å². The number of nitrogens with zero attached hydrogens (tertiary/aromatic N) is 1. The molecular formula is C16H18N2O. The van der Waals surface area contributed by atoms with Crippen LogP contribution in [0.1, 0.15) is 10.4 Å². The van der Waals surface area contributed by atoms with Gasteiger partial charge < -0.3 is 10.2 Å². The summed E-state index contributed by atoms with van der Waals surface area (Å²) in [5.41, 5.74) is 1.80.